The summed E-state index contributed by atoms with van der Waals surface area (Å²) >= 11 is 0. The van der Waals surface area contributed by atoms with Crippen molar-refractivity contribution in [2.45, 2.75) is 45.2 Å². The number of amides is 1. The number of rotatable bonds is 7. The molecule has 29 heavy (non-hydrogen) atoms. The van der Waals surface area contributed by atoms with Crippen molar-refractivity contribution in [1.82, 2.24) is 14.6 Å². The standard InChI is InChI=1S/C20H27N3O5S/c1-12(2)28-20(25)17-13(3)18(22-14(17)4)19(24)21-11-15-9-7-8-10-16(15)29(26,27)23(5)6/h7-10,12,22H,11H2,1-6H3,(H,21,24). The Bertz CT molecular complexity index is 1020. The van der Waals surface area contributed by atoms with Crippen molar-refractivity contribution in [3.05, 3.63) is 52.3 Å². The van der Waals surface area contributed by atoms with E-state index in [0.717, 1.165) is 4.31 Å². The van der Waals surface area contributed by atoms with Crippen LogP contribution in [-0.2, 0) is 21.3 Å². The molecule has 158 valence electrons. The largest absolute Gasteiger partial charge is 0.459 e. The van der Waals surface area contributed by atoms with Crippen LogP contribution in [0.4, 0.5) is 0 Å². The topological polar surface area (TPSA) is 109 Å². The third-order valence-electron chi connectivity index (χ3n) is 4.38. The summed E-state index contributed by atoms with van der Waals surface area (Å²) in [5.41, 5.74) is 2.06. The maximum absolute atomic E-state index is 12.7. The Balaban J connectivity index is 2.25. The van der Waals surface area contributed by atoms with Gasteiger partial charge in [0.25, 0.3) is 5.91 Å². The lowest BCUT2D eigenvalue weighted by molar-refractivity contribution is 0.0376. The maximum Gasteiger partial charge on any atom is 0.340 e. The molecule has 1 aromatic carbocycles. The predicted octanol–water partition coefficient (Wildman–Crippen LogP) is 2.38. The Morgan fingerprint density at radius 3 is 2.38 bits per heavy atom. The SMILES string of the molecule is Cc1[nH]c(C(=O)NCc2ccccc2S(=O)(=O)N(C)C)c(C)c1C(=O)OC(C)C. The first kappa shape index (κ1) is 22.6. The van der Waals surface area contributed by atoms with Crippen molar-refractivity contribution >= 4 is 21.9 Å². The molecule has 0 spiro atoms. The van der Waals surface area contributed by atoms with Crippen LogP contribution in [0.2, 0.25) is 0 Å². The van der Waals surface area contributed by atoms with Gasteiger partial charge in [-0.2, -0.15) is 0 Å². The molecule has 0 aliphatic heterocycles. The van der Waals surface area contributed by atoms with Gasteiger partial charge >= 0.3 is 5.97 Å². The van der Waals surface area contributed by atoms with Gasteiger partial charge in [0.1, 0.15) is 5.69 Å². The number of hydrogen-bond acceptors (Lipinski definition) is 5. The first-order chi connectivity index (χ1) is 13.5. The van der Waals surface area contributed by atoms with Gasteiger partial charge in [-0.15, -0.1) is 0 Å². The van der Waals surface area contributed by atoms with Crippen molar-refractivity contribution in [2.75, 3.05) is 14.1 Å². The van der Waals surface area contributed by atoms with Crippen molar-refractivity contribution in [3.8, 4) is 0 Å². The zero-order valence-electron chi connectivity index (χ0n) is 17.5. The summed E-state index contributed by atoms with van der Waals surface area (Å²) in [6, 6.07) is 6.49. The number of nitrogens with zero attached hydrogens (tertiary/aromatic N) is 1. The highest BCUT2D eigenvalue weighted by Crippen LogP contribution is 2.21. The normalized spacial score (nSPS) is 11.7. The van der Waals surface area contributed by atoms with Gasteiger partial charge in [-0.1, -0.05) is 18.2 Å². The van der Waals surface area contributed by atoms with Crippen LogP contribution in [0.1, 0.15) is 51.5 Å². The lowest BCUT2D eigenvalue weighted by atomic mass is 10.1. The summed E-state index contributed by atoms with van der Waals surface area (Å²) in [4.78, 5) is 28.0. The van der Waals surface area contributed by atoms with E-state index in [9.17, 15) is 18.0 Å². The number of H-pyrrole nitrogens is 1. The third kappa shape index (κ3) is 4.86. The van der Waals surface area contributed by atoms with E-state index in [1.165, 1.54) is 20.2 Å². The van der Waals surface area contributed by atoms with Crippen LogP contribution in [0.5, 0.6) is 0 Å². The van der Waals surface area contributed by atoms with Gasteiger partial charge < -0.3 is 15.0 Å². The summed E-state index contributed by atoms with van der Waals surface area (Å²) in [5, 5.41) is 2.72. The molecule has 0 bridgehead atoms. The summed E-state index contributed by atoms with van der Waals surface area (Å²) < 4.78 is 31.3. The Hall–Kier alpha value is -2.65. The molecule has 0 unspecified atom stereocenters. The highest BCUT2D eigenvalue weighted by Gasteiger charge is 2.25. The molecule has 0 saturated heterocycles. The number of benzene rings is 1. The Kier molecular flexibility index (Phi) is 6.86. The first-order valence-electron chi connectivity index (χ1n) is 9.15. The fraction of sp³-hybridized carbons (Fsp3) is 0.400. The molecule has 0 fully saturated rings. The monoisotopic (exact) mass is 421 g/mol. The molecular formula is C20H27N3O5S. The lowest BCUT2D eigenvalue weighted by Gasteiger charge is -2.15. The van der Waals surface area contributed by atoms with Gasteiger partial charge in [-0.3, -0.25) is 4.79 Å². The fourth-order valence-corrected chi connectivity index (χ4v) is 4.03. The van der Waals surface area contributed by atoms with Gasteiger partial charge in [0.05, 0.1) is 16.6 Å². The smallest absolute Gasteiger partial charge is 0.340 e. The summed E-state index contributed by atoms with van der Waals surface area (Å²) in [6.07, 6.45) is -0.274. The number of aryl methyl sites for hydroxylation is 1. The number of sulfonamides is 1. The molecule has 1 aromatic heterocycles. The second-order valence-electron chi connectivity index (χ2n) is 7.16. The number of carbonyl (C=O) groups is 2. The molecule has 0 atom stereocenters. The maximum atomic E-state index is 12.7. The number of carbonyl (C=O) groups excluding carboxylic acids is 2. The molecule has 0 radical (unpaired) electrons. The highest BCUT2D eigenvalue weighted by molar-refractivity contribution is 7.89. The van der Waals surface area contributed by atoms with Gasteiger partial charge in [0.15, 0.2) is 0 Å². The lowest BCUT2D eigenvalue weighted by Crippen LogP contribution is -2.27. The quantitative estimate of drug-likeness (QED) is 0.667. The van der Waals surface area contributed by atoms with E-state index >= 15 is 0 Å². The van der Waals surface area contributed by atoms with Gasteiger partial charge in [-0.25, -0.2) is 17.5 Å². The van der Waals surface area contributed by atoms with Crippen LogP contribution < -0.4 is 5.32 Å². The van der Waals surface area contributed by atoms with E-state index in [4.69, 9.17) is 4.74 Å². The van der Waals surface area contributed by atoms with Crippen LogP contribution in [-0.4, -0.2) is 49.8 Å². The highest BCUT2D eigenvalue weighted by atomic mass is 32.2. The van der Waals surface area contributed by atoms with Crippen LogP contribution in [0.3, 0.4) is 0 Å². The van der Waals surface area contributed by atoms with Gasteiger partial charge in [-0.05, 0) is 44.9 Å². The zero-order chi connectivity index (χ0) is 21.9. The molecule has 0 aliphatic carbocycles. The molecular weight excluding hydrogens is 394 g/mol. The third-order valence-corrected chi connectivity index (χ3v) is 6.30. The molecule has 9 heteroatoms. The van der Waals surface area contributed by atoms with E-state index < -0.39 is 21.9 Å². The van der Waals surface area contributed by atoms with Crippen molar-refractivity contribution in [1.29, 1.82) is 0 Å². The molecule has 2 N–H and O–H groups in total. The van der Waals surface area contributed by atoms with Crippen LogP contribution in [0.15, 0.2) is 29.2 Å². The number of ether oxygens (including phenoxy) is 1. The minimum absolute atomic E-state index is 0.0192. The predicted molar refractivity (Wildman–Crippen MR) is 109 cm³/mol. The molecule has 0 saturated carbocycles. The van der Waals surface area contributed by atoms with E-state index in [2.05, 4.69) is 10.3 Å². The van der Waals surface area contributed by atoms with E-state index in [0.29, 0.717) is 22.4 Å². The summed E-state index contributed by atoms with van der Waals surface area (Å²) in [5.74, 6) is -0.932. The van der Waals surface area contributed by atoms with Crippen molar-refractivity contribution in [3.63, 3.8) is 0 Å². The van der Waals surface area contributed by atoms with Gasteiger partial charge in [0, 0.05) is 26.3 Å². The van der Waals surface area contributed by atoms with Crippen molar-refractivity contribution < 1.29 is 22.7 Å². The Morgan fingerprint density at radius 2 is 1.79 bits per heavy atom. The molecule has 2 aromatic rings. The summed E-state index contributed by atoms with van der Waals surface area (Å²) in [7, 11) is -0.737. The molecule has 1 amide bonds. The average Bonchev–Trinajstić information content (AvgIpc) is 2.93. The Labute approximate surface area is 171 Å². The van der Waals surface area contributed by atoms with Crippen LogP contribution in [0, 0.1) is 13.8 Å². The number of esters is 1. The summed E-state index contributed by atoms with van der Waals surface area (Å²) in [6.45, 7) is 6.88. The van der Waals surface area contributed by atoms with E-state index in [1.54, 1.807) is 45.9 Å². The van der Waals surface area contributed by atoms with Crippen LogP contribution in [0.25, 0.3) is 0 Å². The number of hydrogen-bond donors (Lipinski definition) is 2. The Morgan fingerprint density at radius 1 is 1.17 bits per heavy atom. The fourth-order valence-electron chi connectivity index (χ4n) is 2.92. The second-order valence-corrected chi connectivity index (χ2v) is 9.28. The number of nitrogens with one attached hydrogen (secondary N) is 2. The molecule has 8 nitrogen and oxygen atoms in total. The first-order valence-corrected chi connectivity index (χ1v) is 10.6. The molecule has 0 aliphatic rings. The number of aromatic amines is 1. The molecule has 2 rings (SSSR count). The number of aromatic nitrogens is 1. The van der Waals surface area contributed by atoms with Crippen LogP contribution >= 0.6 is 0 Å². The molecule has 1 heterocycles. The average molecular weight is 422 g/mol. The van der Waals surface area contributed by atoms with Gasteiger partial charge in [0.2, 0.25) is 10.0 Å². The van der Waals surface area contributed by atoms with Crippen molar-refractivity contribution in [2.24, 2.45) is 0 Å². The minimum Gasteiger partial charge on any atom is -0.459 e. The second kappa shape index (κ2) is 8.79. The van der Waals surface area contributed by atoms with E-state index in [-0.39, 0.29) is 23.2 Å². The van der Waals surface area contributed by atoms with E-state index in [1.807, 2.05) is 0 Å². The zero-order valence-corrected chi connectivity index (χ0v) is 18.3. The minimum atomic E-state index is -3.64.